The van der Waals surface area contributed by atoms with Gasteiger partial charge in [-0.1, -0.05) is 18.2 Å². The van der Waals surface area contributed by atoms with E-state index in [0.29, 0.717) is 30.9 Å². The Balaban J connectivity index is 1.51. The van der Waals surface area contributed by atoms with Gasteiger partial charge in [0, 0.05) is 29.2 Å². The summed E-state index contributed by atoms with van der Waals surface area (Å²) in [5.74, 6) is 1.29. The SMILES string of the molecule is COc1ccc(CN2Cc3cc(NC(=O)Cc4cccs4)ccc3OC(C)C2=O)cc1. The molecule has 0 spiro atoms. The lowest BCUT2D eigenvalue weighted by atomic mass is 10.1. The summed E-state index contributed by atoms with van der Waals surface area (Å²) >= 11 is 1.56. The minimum absolute atomic E-state index is 0.0727. The molecule has 1 aliphatic rings. The van der Waals surface area contributed by atoms with E-state index in [1.165, 1.54) is 0 Å². The fourth-order valence-corrected chi connectivity index (χ4v) is 4.24. The summed E-state index contributed by atoms with van der Waals surface area (Å²) in [7, 11) is 1.63. The average Bonchev–Trinajstić information content (AvgIpc) is 3.24. The molecule has 1 aromatic heterocycles. The number of hydrogen-bond donors (Lipinski definition) is 1. The zero-order valence-corrected chi connectivity index (χ0v) is 18.3. The van der Waals surface area contributed by atoms with Crippen molar-refractivity contribution >= 4 is 28.8 Å². The van der Waals surface area contributed by atoms with Crippen LogP contribution in [0.25, 0.3) is 0 Å². The van der Waals surface area contributed by atoms with Crippen LogP contribution in [-0.2, 0) is 29.1 Å². The number of methoxy groups -OCH3 is 1. The first-order valence-electron chi connectivity index (χ1n) is 10.1. The van der Waals surface area contributed by atoms with Gasteiger partial charge in [0.1, 0.15) is 11.5 Å². The average molecular weight is 437 g/mol. The number of rotatable bonds is 6. The number of nitrogens with one attached hydrogen (secondary N) is 1. The van der Waals surface area contributed by atoms with Crippen molar-refractivity contribution in [1.82, 2.24) is 4.90 Å². The summed E-state index contributed by atoms with van der Waals surface area (Å²) in [6, 6.07) is 17.0. The van der Waals surface area contributed by atoms with E-state index in [9.17, 15) is 9.59 Å². The number of amides is 2. The molecule has 31 heavy (non-hydrogen) atoms. The van der Waals surface area contributed by atoms with Gasteiger partial charge in [0.05, 0.1) is 13.5 Å². The minimum atomic E-state index is -0.584. The van der Waals surface area contributed by atoms with Crippen LogP contribution in [0.5, 0.6) is 11.5 Å². The number of ether oxygens (including phenoxy) is 2. The molecule has 2 heterocycles. The molecular formula is C24H24N2O4S. The van der Waals surface area contributed by atoms with Crippen molar-refractivity contribution in [2.75, 3.05) is 12.4 Å². The summed E-state index contributed by atoms with van der Waals surface area (Å²) in [5.41, 5.74) is 2.56. The molecule has 0 bridgehead atoms. The molecule has 6 nitrogen and oxygen atoms in total. The summed E-state index contributed by atoms with van der Waals surface area (Å²) in [6.07, 6.45) is -0.247. The molecule has 0 aliphatic carbocycles. The third-order valence-electron chi connectivity index (χ3n) is 5.12. The largest absolute Gasteiger partial charge is 0.497 e. The van der Waals surface area contributed by atoms with E-state index in [1.54, 1.807) is 30.3 Å². The van der Waals surface area contributed by atoms with Crippen LogP contribution in [0.15, 0.2) is 60.0 Å². The number of hydrogen-bond acceptors (Lipinski definition) is 5. The Morgan fingerprint density at radius 3 is 2.74 bits per heavy atom. The van der Waals surface area contributed by atoms with Gasteiger partial charge in [-0.15, -0.1) is 11.3 Å². The molecular weight excluding hydrogens is 412 g/mol. The van der Waals surface area contributed by atoms with E-state index in [0.717, 1.165) is 21.8 Å². The van der Waals surface area contributed by atoms with E-state index in [1.807, 2.05) is 60.0 Å². The maximum Gasteiger partial charge on any atom is 0.263 e. The van der Waals surface area contributed by atoms with E-state index in [-0.39, 0.29) is 11.8 Å². The first kappa shape index (κ1) is 20.9. The number of nitrogens with zero attached hydrogens (tertiary/aromatic N) is 1. The summed E-state index contributed by atoms with van der Waals surface area (Å²) < 4.78 is 11.1. The van der Waals surface area contributed by atoms with Gasteiger partial charge in [-0.25, -0.2) is 0 Å². The molecule has 4 rings (SSSR count). The molecule has 0 saturated carbocycles. The lowest BCUT2D eigenvalue weighted by molar-refractivity contribution is -0.138. The summed E-state index contributed by atoms with van der Waals surface area (Å²) in [5, 5.41) is 4.90. The highest BCUT2D eigenvalue weighted by Gasteiger charge is 2.28. The van der Waals surface area contributed by atoms with Crippen LogP contribution in [0.3, 0.4) is 0 Å². The van der Waals surface area contributed by atoms with Crippen molar-refractivity contribution in [1.29, 1.82) is 0 Å². The lowest BCUT2D eigenvalue weighted by Gasteiger charge is -2.22. The Hall–Kier alpha value is -3.32. The van der Waals surface area contributed by atoms with Gasteiger partial charge in [0.15, 0.2) is 6.10 Å². The zero-order valence-electron chi connectivity index (χ0n) is 17.5. The van der Waals surface area contributed by atoms with Gasteiger partial charge in [0.2, 0.25) is 5.91 Å². The van der Waals surface area contributed by atoms with E-state index < -0.39 is 6.10 Å². The number of fused-ring (bicyclic) bond motifs is 1. The Bertz CT molecular complexity index is 1060. The second kappa shape index (κ2) is 9.22. The van der Waals surface area contributed by atoms with Crippen molar-refractivity contribution in [2.24, 2.45) is 0 Å². The summed E-state index contributed by atoms with van der Waals surface area (Å²) in [6.45, 7) is 2.62. The van der Waals surface area contributed by atoms with Crippen LogP contribution in [0.1, 0.15) is 22.9 Å². The second-order valence-electron chi connectivity index (χ2n) is 7.43. The van der Waals surface area contributed by atoms with Gasteiger partial charge >= 0.3 is 0 Å². The molecule has 0 saturated heterocycles. The molecule has 1 N–H and O–H groups in total. The number of carbonyl (C=O) groups excluding carboxylic acids is 2. The van der Waals surface area contributed by atoms with E-state index >= 15 is 0 Å². The third kappa shape index (κ3) is 5.06. The molecule has 0 fully saturated rings. The Morgan fingerprint density at radius 2 is 2.03 bits per heavy atom. The van der Waals surface area contributed by atoms with Crippen LogP contribution in [0.2, 0.25) is 0 Å². The molecule has 1 aliphatic heterocycles. The monoisotopic (exact) mass is 436 g/mol. The van der Waals surface area contributed by atoms with E-state index in [2.05, 4.69) is 5.32 Å². The highest BCUT2D eigenvalue weighted by atomic mass is 32.1. The Kier molecular flexibility index (Phi) is 6.23. The molecule has 2 aromatic carbocycles. The molecule has 1 atom stereocenters. The topological polar surface area (TPSA) is 67.9 Å². The standard InChI is InChI=1S/C24H24N2O4S/c1-16-24(28)26(14-17-5-8-20(29-2)9-6-17)15-18-12-19(7-10-22(18)30-16)25-23(27)13-21-4-3-11-31-21/h3-12,16H,13-15H2,1-2H3,(H,25,27). The highest BCUT2D eigenvalue weighted by molar-refractivity contribution is 7.10. The van der Waals surface area contributed by atoms with Gasteiger partial charge < -0.3 is 19.7 Å². The Labute approximate surface area is 185 Å². The zero-order chi connectivity index (χ0) is 21.8. The predicted molar refractivity (Wildman–Crippen MR) is 120 cm³/mol. The normalized spacial score (nSPS) is 15.6. The van der Waals surface area contributed by atoms with Crippen LogP contribution in [-0.4, -0.2) is 29.9 Å². The number of thiophene rings is 1. The first-order valence-corrected chi connectivity index (χ1v) is 10.9. The first-order chi connectivity index (χ1) is 15.0. The smallest absolute Gasteiger partial charge is 0.263 e. The van der Waals surface area contributed by atoms with Crippen LogP contribution < -0.4 is 14.8 Å². The second-order valence-corrected chi connectivity index (χ2v) is 8.46. The quantitative estimate of drug-likeness (QED) is 0.627. The third-order valence-corrected chi connectivity index (χ3v) is 5.99. The molecule has 1 unspecified atom stereocenters. The highest BCUT2D eigenvalue weighted by Crippen LogP contribution is 2.29. The molecule has 7 heteroatoms. The van der Waals surface area contributed by atoms with Crippen molar-refractivity contribution in [3.05, 3.63) is 76.0 Å². The predicted octanol–water partition coefficient (Wildman–Crippen LogP) is 4.25. The molecule has 0 radical (unpaired) electrons. The van der Waals surface area contributed by atoms with Crippen LogP contribution >= 0.6 is 11.3 Å². The maximum atomic E-state index is 12.9. The fraction of sp³-hybridized carbons (Fsp3) is 0.250. The molecule has 3 aromatic rings. The van der Waals surface area contributed by atoms with Gasteiger partial charge in [-0.05, 0) is 54.3 Å². The maximum absolute atomic E-state index is 12.9. The van der Waals surface area contributed by atoms with Crippen molar-refractivity contribution in [3.63, 3.8) is 0 Å². The van der Waals surface area contributed by atoms with E-state index in [4.69, 9.17) is 9.47 Å². The van der Waals surface area contributed by atoms with Crippen molar-refractivity contribution < 1.29 is 19.1 Å². The van der Waals surface area contributed by atoms with Crippen molar-refractivity contribution in [3.8, 4) is 11.5 Å². The fourth-order valence-electron chi connectivity index (χ4n) is 3.54. The minimum Gasteiger partial charge on any atom is -0.497 e. The van der Waals surface area contributed by atoms with Gasteiger partial charge in [-0.3, -0.25) is 9.59 Å². The number of carbonyl (C=O) groups is 2. The van der Waals surface area contributed by atoms with Crippen molar-refractivity contribution in [2.45, 2.75) is 32.5 Å². The summed E-state index contributed by atoms with van der Waals surface area (Å²) in [4.78, 5) is 28.0. The van der Waals surface area contributed by atoms with Gasteiger partial charge in [-0.2, -0.15) is 0 Å². The lowest BCUT2D eigenvalue weighted by Crippen LogP contribution is -2.37. The van der Waals surface area contributed by atoms with Crippen LogP contribution in [0, 0.1) is 0 Å². The molecule has 2 amide bonds. The van der Waals surface area contributed by atoms with Crippen LogP contribution in [0.4, 0.5) is 5.69 Å². The number of benzene rings is 2. The number of anilines is 1. The molecule has 160 valence electrons. The van der Waals surface area contributed by atoms with Gasteiger partial charge in [0.25, 0.3) is 5.91 Å². The Morgan fingerprint density at radius 1 is 1.23 bits per heavy atom.